The van der Waals surface area contributed by atoms with Crippen molar-refractivity contribution < 1.29 is 17.9 Å². The van der Waals surface area contributed by atoms with Gasteiger partial charge in [0.15, 0.2) is 21.3 Å². The van der Waals surface area contributed by atoms with Gasteiger partial charge in [-0.05, 0) is 30.7 Å². The van der Waals surface area contributed by atoms with Crippen molar-refractivity contribution in [1.29, 1.82) is 5.26 Å². The van der Waals surface area contributed by atoms with Crippen LogP contribution < -0.4 is 9.47 Å². The normalized spacial score (nSPS) is 11.8. The Balaban J connectivity index is 3.27. The Bertz CT molecular complexity index is 627. The lowest BCUT2D eigenvalue weighted by molar-refractivity contribution is 0.311. The molecule has 0 fully saturated rings. The molecule has 0 saturated heterocycles. The summed E-state index contributed by atoms with van der Waals surface area (Å²) < 4.78 is 33.2. The molecule has 1 rings (SSSR count). The van der Waals surface area contributed by atoms with Gasteiger partial charge in [0.1, 0.15) is 11.0 Å². The summed E-state index contributed by atoms with van der Waals surface area (Å²) in [6.45, 7) is 2.29. The van der Waals surface area contributed by atoms with Gasteiger partial charge in [0.05, 0.1) is 13.7 Å². The zero-order valence-corrected chi connectivity index (χ0v) is 11.8. The largest absolute Gasteiger partial charge is 0.493 e. The van der Waals surface area contributed by atoms with E-state index in [2.05, 4.69) is 0 Å². The first-order valence-electron chi connectivity index (χ1n) is 5.55. The Morgan fingerprint density at radius 2 is 2.11 bits per heavy atom. The van der Waals surface area contributed by atoms with Crippen LogP contribution in [0.3, 0.4) is 0 Å². The minimum atomic E-state index is -3.53. The highest BCUT2D eigenvalue weighted by molar-refractivity contribution is 7.95. The molecule has 0 saturated carbocycles. The predicted molar refractivity (Wildman–Crippen MR) is 72.6 cm³/mol. The first-order valence-corrected chi connectivity index (χ1v) is 7.44. The van der Waals surface area contributed by atoms with Gasteiger partial charge in [-0.3, -0.25) is 0 Å². The summed E-state index contributed by atoms with van der Waals surface area (Å²) in [4.78, 5) is -0.292. The summed E-state index contributed by atoms with van der Waals surface area (Å²) in [5.74, 6) is 1.06. The topological polar surface area (TPSA) is 76.4 Å². The van der Waals surface area contributed by atoms with Crippen LogP contribution >= 0.6 is 0 Å². The van der Waals surface area contributed by atoms with Crippen molar-refractivity contribution in [3.8, 4) is 17.6 Å². The Morgan fingerprint density at radius 1 is 1.42 bits per heavy atom. The van der Waals surface area contributed by atoms with Crippen LogP contribution in [0, 0.1) is 11.3 Å². The number of sulfone groups is 1. The molecular formula is C13H15NO4S. The molecule has 0 N–H and O–H groups in total. The van der Waals surface area contributed by atoms with Crippen molar-refractivity contribution in [3.05, 3.63) is 28.7 Å². The number of ether oxygens (including phenoxy) is 2. The van der Waals surface area contributed by atoms with Gasteiger partial charge in [-0.1, -0.05) is 6.07 Å². The monoisotopic (exact) mass is 281 g/mol. The molecule has 5 nitrogen and oxygen atoms in total. The van der Waals surface area contributed by atoms with E-state index in [1.807, 2.05) is 6.92 Å². The maximum atomic E-state index is 11.4. The van der Waals surface area contributed by atoms with Gasteiger partial charge in [-0.15, -0.1) is 0 Å². The van der Waals surface area contributed by atoms with Crippen LogP contribution in [0.15, 0.2) is 23.1 Å². The molecule has 0 bridgehead atoms. The quantitative estimate of drug-likeness (QED) is 0.771. The summed E-state index contributed by atoms with van der Waals surface area (Å²) in [5, 5.41) is 8.84. The second kappa shape index (κ2) is 6.25. The number of benzene rings is 1. The number of allylic oxidation sites excluding steroid dienone is 1. The minimum Gasteiger partial charge on any atom is -0.493 e. The highest BCUT2D eigenvalue weighted by atomic mass is 32.2. The fraction of sp³-hybridized carbons (Fsp3) is 0.308. The Morgan fingerprint density at radius 3 is 2.58 bits per heavy atom. The maximum absolute atomic E-state index is 11.4. The van der Waals surface area contributed by atoms with E-state index in [0.717, 1.165) is 6.26 Å². The fourth-order valence-corrected chi connectivity index (χ4v) is 1.94. The SMILES string of the molecule is CCOc1cc(/C=C(/C#N)S(C)(=O)=O)ccc1OC. The van der Waals surface area contributed by atoms with Gasteiger partial charge < -0.3 is 9.47 Å². The van der Waals surface area contributed by atoms with Crippen LogP contribution in [0.2, 0.25) is 0 Å². The van der Waals surface area contributed by atoms with E-state index in [1.54, 1.807) is 24.3 Å². The van der Waals surface area contributed by atoms with Gasteiger partial charge in [-0.2, -0.15) is 5.26 Å². The average molecular weight is 281 g/mol. The lowest BCUT2D eigenvalue weighted by Gasteiger charge is -2.09. The fourth-order valence-electron chi connectivity index (χ4n) is 1.42. The molecule has 6 heteroatoms. The summed E-state index contributed by atoms with van der Waals surface area (Å²) in [6.07, 6.45) is 2.30. The molecule has 0 aliphatic carbocycles. The van der Waals surface area contributed by atoms with Crippen LogP contribution in [0.4, 0.5) is 0 Å². The van der Waals surface area contributed by atoms with Crippen molar-refractivity contribution in [2.45, 2.75) is 6.92 Å². The van der Waals surface area contributed by atoms with Crippen LogP contribution in [-0.2, 0) is 9.84 Å². The number of nitrogens with zero attached hydrogens (tertiary/aromatic N) is 1. The van der Waals surface area contributed by atoms with Gasteiger partial charge >= 0.3 is 0 Å². The Labute approximate surface area is 113 Å². The molecule has 0 aliphatic heterocycles. The molecule has 0 spiro atoms. The molecule has 0 unspecified atom stereocenters. The maximum Gasteiger partial charge on any atom is 0.185 e. The summed E-state index contributed by atoms with van der Waals surface area (Å²) >= 11 is 0. The van der Waals surface area contributed by atoms with Crippen molar-refractivity contribution in [2.24, 2.45) is 0 Å². The molecule has 0 aromatic heterocycles. The number of nitriles is 1. The summed E-state index contributed by atoms with van der Waals surface area (Å²) in [7, 11) is -2.01. The number of rotatable bonds is 5. The second-order valence-corrected chi connectivity index (χ2v) is 5.72. The van der Waals surface area contributed by atoms with E-state index in [1.165, 1.54) is 13.2 Å². The molecule has 1 aromatic carbocycles. The van der Waals surface area contributed by atoms with Crippen LogP contribution in [0.5, 0.6) is 11.5 Å². The van der Waals surface area contributed by atoms with E-state index < -0.39 is 9.84 Å². The molecule has 0 atom stereocenters. The third-order valence-electron chi connectivity index (χ3n) is 2.29. The van der Waals surface area contributed by atoms with E-state index in [0.29, 0.717) is 23.7 Å². The lowest BCUT2D eigenvalue weighted by Crippen LogP contribution is -1.99. The van der Waals surface area contributed by atoms with E-state index in [4.69, 9.17) is 14.7 Å². The highest BCUT2D eigenvalue weighted by Gasteiger charge is 2.11. The highest BCUT2D eigenvalue weighted by Crippen LogP contribution is 2.29. The zero-order valence-electron chi connectivity index (χ0n) is 11.0. The number of methoxy groups -OCH3 is 1. The predicted octanol–water partition coefficient (Wildman–Crippen LogP) is 2.00. The van der Waals surface area contributed by atoms with Gasteiger partial charge in [0, 0.05) is 6.26 Å². The van der Waals surface area contributed by atoms with Crippen LogP contribution in [-0.4, -0.2) is 28.4 Å². The first-order chi connectivity index (χ1) is 8.92. The van der Waals surface area contributed by atoms with Crippen molar-refractivity contribution >= 4 is 15.9 Å². The molecule has 19 heavy (non-hydrogen) atoms. The molecular weight excluding hydrogens is 266 g/mol. The smallest absolute Gasteiger partial charge is 0.185 e. The molecule has 0 amide bonds. The third kappa shape index (κ3) is 4.00. The van der Waals surface area contributed by atoms with Crippen molar-refractivity contribution in [3.63, 3.8) is 0 Å². The van der Waals surface area contributed by atoms with Crippen molar-refractivity contribution in [1.82, 2.24) is 0 Å². The molecule has 1 aromatic rings. The van der Waals surface area contributed by atoms with Gasteiger partial charge in [0.2, 0.25) is 0 Å². The molecule has 0 radical (unpaired) electrons. The van der Waals surface area contributed by atoms with Gasteiger partial charge in [-0.25, -0.2) is 8.42 Å². The number of hydrogen-bond acceptors (Lipinski definition) is 5. The van der Waals surface area contributed by atoms with Crippen molar-refractivity contribution in [2.75, 3.05) is 20.0 Å². The zero-order chi connectivity index (χ0) is 14.5. The standard InChI is InChI=1S/C13H15NO4S/c1-4-18-13-8-10(5-6-12(13)17-2)7-11(9-14)19(3,15)16/h5-8H,4H2,1-3H3/b11-7-. The third-order valence-corrected chi connectivity index (χ3v) is 3.30. The summed E-state index contributed by atoms with van der Waals surface area (Å²) in [5.41, 5.74) is 0.561. The lowest BCUT2D eigenvalue weighted by atomic mass is 10.2. The van der Waals surface area contributed by atoms with E-state index in [-0.39, 0.29) is 4.91 Å². The second-order valence-electron chi connectivity index (χ2n) is 3.74. The Hall–Kier alpha value is -2.00. The van der Waals surface area contributed by atoms with E-state index >= 15 is 0 Å². The van der Waals surface area contributed by atoms with Gasteiger partial charge in [0.25, 0.3) is 0 Å². The van der Waals surface area contributed by atoms with Crippen LogP contribution in [0.25, 0.3) is 6.08 Å². The number of hydrogen-bond donors (Lipinski definition) is 0. The average Bonchev–Trinajstić information content (AvgIpc) is 2.35. The first kappa shape index (κ1) is 15.1. The van der Waals surface area contributed by atoms with Crippen LogP contribution in [0.1, 0.15) is 12.5 Å². The summed E-state index contributed by atoms with van der Waals surface area (Å²) in [6, 6.07) is 6.62. The molecule has 0 aliphatic rings. The molecule has 0 heterocycles. The Kier molecular flexibility index (Phi) is 4.95. The minimum absolute atomic E-state index is 0.292. The van der Waals surface area contributed by atoms with E-state index in [9.17, 15) is 8.42 Å². The molecule has 102 valence electrons.